The maximum Gasteiger partial charge on any atom is 0.230 e. The lowest BCUT2D eigenvalue weighted by Crippen LogP contribution is -2.25. The molecule has 3 aromatic rings. The minimum Gasteiger partial charge on any atom is -0.312 e. The Morgan fingerprint density at radius 3 is 2.17 bits per heavy atom. The summed E-state index contributed by atoms with van der Waals surface area (Å²) in [7, 11) is 5.87. The van der Waals surface area contributed by atoms with Crippen molar-refractivity contribution < 1.29 is 4.57 Å². The highest BCUT2D eigenvalue weighted by atomic mass is 15.3. The van der Waals surface area contributed by atoms with Crippen molar-refractivity contribution in [3.05, 3.63) is 54.4 Å². The van der Waals surface area contributed by atoms with E-state index in [1.165, 1.54) is 6.34 Å². The molecule has 7 nitrogen and oxygen atoms in total. The molecule has 2 heterocycles. The number of aromatic nitrogens is 3. The average molecular weight is 308 g/mol. The van der Waals surface area contributed by atoms with Crippen molar-refractivity contribution in [3.63, 3.8) is 0 Å². The Labute approximate surface area is 133 Å². The van der Waals surface area contributed by atoms with Crippen LogP contribution in [0.5, 0.6) is 0 Å². The molecule has 2 aromatic heterocycles. The van der Waals surface area contributed by atoms with Gasteiger partial charge in [0.15, 0.2) is 18.7 Å². The van der Waals surface area contributed by atoms with Crippen LogP contribution >= 0.6 is 0 Å². The fourth-order valence-electron chi connectivity index (χ4n) is 2.36. The highest BCUT2D eigenvalue weighted by Crippen LogP contribution is 2.10. The highest BCUT2D eigenvalue weighted by Gasteiger charge is 2.04. The number of fused-ring (bicyclic) bond motifs is 1. The zero-order valence-corrected chi connectivity index (χ0v) is 13.3. The van der Waals surface area contributed by atoms with Crippen molar-refractivity contribution in [2.45, 2.75) is 0 Å². The normalized spacial score (nSPS) is 11.8. The third kappa shape index (κ3) is 3.08. The summed E-state index contributed by atoms with van der Waals surface area (Å²) >= 11 is 0. The van der Waals surface area contributed by atoms with Gasteiger partial charge in [-0.1, -0.05) is 12.1 Å². The first kappa shape index (κ1) is 14.8. The van der Waals surface area contributed by atoms with Gasteiger partial charge >= 0.3 is 0 Å². The minimum absolute atomic E-state index is 0.740. The number of aryl methyl sites for hydroxylation is 3. The largest absolute Gasteiger partial charge is 0.312 e. The van der Waals surface area contributed by atoms with Crippen molar-refractivity contribution >= 4 is 23.1 Å². The Morgan fingerprint density at radius 2 is 1.57 bits per heavy atom. The predicted octanol–water partition coefficient (Wildman–Crippen LogP) is 1.97. The number of imidazole rings is 1. The third-order valence-electron chi connectivity index (χ3n) is 3.59. The number of hydrogen-bond acceptors (Lipinski definition) is 3. The monoisotopic (exact) mass is 308 g/mol. The van der Waals surface area contributed by atoms with E-state index in [0.717, 1.165) is 22.3 Å². The van der Waals surface area contributed by atoms with Crippen LogP contribution in [0.15, 0.2) is 69.2 Å². The number of pyridine rings is 1. The number of nitrogens with zero attached hydrogens (tertiary/aromatic N) is 7. The second kappa shape index (κ2) is 6.35. The molecule has 0 fully saturated rings. The molecule has 3 rings (SSSR count). The third-order valence-corrected chi connectivity index (χ3v) is 3.59. The molecule has 116 valence electrons. The van der Waals surface area contributed by atoms with Crippen LogP contribution in [0.4, 0.5) is 5.69 Å². The average Bonchev–Trinajstić information content (AvgIpc) is 2.81. The van der Waals surface area contributed by atoms with Crippen molar-refractivity contribution in [3.8, 4) is 0 Å². The van der Waals surface area contributed by atoms with Crippen molar-refractivity contribution in [2.24, 2.45) is 41.6 Å². The van der Waals surface area contributed by atoms with Crippen LogP contribution in [0.3, 0.4) is 0 Å². The molecule has 7 heteroatoms. The first-order valence-corrected chi connectivity index (χ1v) is 7.19. The number of hydrogen-bond donors (Lipinski definition) is 0. The lowest BCUT2D eigenvalue weighted by Gasteiger charge is -1.91. The van der Waals surface area contributed by atoms with Crippen LogP contribution in [-0.4, -0.2) is 15.5 Å². The van der Waals surface area contributed by atoms with E-state index in [9.17, 15) is 0 Å². The van der Waals surface area contributed by atoms with Gasteiger partial charge in [0.1, 0.15) is 7.05 Å². The van der Waals surface area contributed by atoms with Crippen LogP contribution in [0.2, 0.25) is 0 Å². The molecular formula is C16H18N7+. The molecule has 0 aliphatic rings. The van der Waals surface area contributed by atoms with Gasteiger partial charge in [0.25, 0.3) is 0 Å². The second-order valence-corrected chi connectivity index (χ2v) is 5.17. The van der Waals surface area contributed by atoms with Crippen LogP contribution in [0.25, 0.3) is 11.0 Å². The lowest BCUT2D eigenvalue weighted by atomic mass is 10.3. The maximum atomic E-state index is 4.23. The van der Waals surface area contributed by atoms with Gasteiger partial charge in [0.2, 0.25) is 5.62 Å². The van der Waals surface area contributed by atoms with Crippen molar-refractivity contribution in [2.75, 3.05) is 0 Å². The summed E-state index contributed by atoms with van der Waals surface area (Å²) in [5, 5.41) is 16.2. The number of benzene rings is 1. The Kier molecular flexibility index (Phi) is 4.09. The SMILES string of the molecule is Cn1c(=N/N=C/N=Nc2cc[n+](C)cc2)n(C)c2ccccc21. The fourth-order valence-corrected chi connectivity index (χ4v) is 2.36. The summed E-state index contributed by atoms with van der Waals surface area (Å²) in [6, 6.07) is 11.9. The zero-order valence-electron chi connectivity index (χ0n) is 13.3. The van der Waals surface area contributed by atoms with E-state index < -0.39 is 0 Å². The molecule has 1 aromatic carbocycles. The molecule has 0 aliphatic heterocycles. The molecule has 0 radical (unpaired) electrons. The highest BCUT2D eigenvalue weighted by molar-refractivity contribution is 5.75. The molecule has 0 N–H and O–H groups in total. The van der Waals surface area contributed by atoms with Crippen LogP contribution < -0.4 is 10.2 Å². The number of para-hydroxylation sites is 2. The Hall–Kier alpha value is -3.09. The fraction of sp³-hybridized carbons (Fsp3) is 0.188. The van der Waals surface area contributed by atoms with Crippen LogP contribution in [0.1, 0.15) is 0 Å². The van der Waals surface area contributed by atoms with Gasteiger partial charge in [0.05, 0.1) is 16.7 Å². The standard InChI is InChI=1S/C16H18N7/c1-21-10-8-13(9-11-21)19-17-12-18-20-16-22(2)14-6-4-5-7-15(14)23(16)3/h4-12H,1-3H3/q+1. The van der Waals surface area contributed by atoms with Crippen molar-refractivity contribution in [1.82, 2.24) is 9.13 Å². The molecule has 0 saturated heterocycles. The minimum atomic E-state index is 0.740. The van der Waals surface area contributed by atoms with E-state index in [-0.39, 0.29) is 0 Å². The van der Waals surface area contributed by atoms with E-state index in [1.807, 2.05) is 83.6 Å². The molecule has 0 amide bonds. The van der Waals surface area contributed by atoms with Gasteiger partial charge in [-0.2, -0.15) is 0 Å². The summed E-state index contributed by atoms with van der Waals surface area (Å²) < 4.78 is 5.91. The van der Waals surface area contributed by atoms with Crippen molar-refractivity contribution in [1.29, 1.82) is 0 Å². The molecule has 0 saturated carbocycles. The molecule has 23 heavy (non-hydrogen) atoms. The van der Waals surface area contributed by atoms with Crippen LogP contribution in [0, 0.1) is 0 Å². The topological polar surface area (TPSA) is 63.2 Å². The molecule has 0 spiro atoms. The first-order chi connectivity index (χ1) is 11.2. The summed E-state index contributed by atoms with van der Waals surface area (Å²) in [6.45, 7) is 0. The van der Waals surface area contributed by atoms with Gasteiger partial charge in [-0.3, -0.25) is 0 Å². The van der Waals surface area contributed by atoms with E-state index >= 15 is 0 Å². The molecule has 0 atom stereocenters. The summed E-state index contributed by atoms with van der Waals surface area (Å²) in [5.74, 6) is 0. The molecule has 0 aliphatic carbocycles. The first-order valence-electron chi connectivity index (χ1n) is 7.19. The Bertz CT molecular complexity index is 901. The van der Waals surface area contributed by atoms with Gasteiger partial charge in [0, 0.05) is 26.2 Å². The van der Waals surface area contributed by atoms with Gasteiger partial charge in [-0.25, -0.2) is 4.57 Å². The van der Waals surface area contributed by atoms with E-state index in [2.05, 4.69) is 20.4 Å². The quantitative estimate of drug-likeness (QED) is 0.233. The second-order valence-electron chi connectivity index (χ2n) is 5.17. The lowest BCUT2D eigenvalue weighted by molar-refractivity contribution is -0.671. The summed E-state index contributed by atoms with van der Waals surface area (Å²) in [5.41, 5.74) is 3.71. The van der Waals surface area contributed by atoms with E-state index in [0.29, 0.717) is 0 Å². The van der Waals surface area contributed by atoms with E-state index in [1.54, 1.807) is 0 Å². The Balaban J connectivity index is 1.84. The molecule has 0 unspecified atom stereocenters. The zero-order chi connectivity index (χ0) is 16.2. The maximum absolute atomic E-state index is 4.23. The Morgan fingerprint density at radius 1 is 0.957 bits per heavy atom. The molecule has 0 bridgehead atoms. The predicted molar refractivity (Wildman–Crippen MR) is 88.1 cm³/mol. The van der Waals surface area contributed by atoms with Crippen LogP contribution in [-0.2, 0) is 21.1 Å². The van der Waals surface area contributed by atoms with Gasteiger partial charge < -0.3 is 9.13 Å². The summed E-state index contributed by atoms with van der Waals surface area (Å²) in [6.07, 6.45) is 5.15. The summed E-state index contributed by atoms with van der Waals surface area (Å²) in [4.78, 5) is 0. The van der Waals surface area contributed by atoms with Gasteiger partial charge in [-0.05, 0) is 12.1 Å². The number of azo groups is 1. The molecular weight excluding hydrogens is 290 g/mol. The number of rotatable bonds is 3. The van der Waals surface area contributed by atoms with Gasteiger partial charge in [-0.15, -0.1) is 20.4 Å². The van der Waals surface area contributed by atoms with E-state index in [4.69, 9.17) is 0 Å². The smallest absolute Gasteiger partial charge is 0.230 e.